The number of benzene rings is 1. The molecule has 7 nitrogen and oxygen atoms in total. The van der Waals surface area contributed by atoms with E-state index in [-0.39, 0.29) is 24.3 Å². The molecule has 2 aliphatic rings. The lowest BCUT2D eigenvalue weighted by Crippen LogP contribution is -2.60. The average molecular weight is 417 g/mol. The van der Waals surface area contributed by atoms with E-state index in [4.69, 9.17) is 9.47 Å². The molecule has 2 amide bonds. The summed E-state index contributed by atoms with van der Waals surface area (Å²) < 4.78 is 11.5. The van der Waals surface area contributed by atoms with E-state index in [9.17, 15) is 14.4 Å². The van der Waals surface area contributed by atoms with Gasteiger partial charge in [0.15, 0.2) is 6.10 Å². The Labute approximate surface area is 178 Å². The van der Waals surface area contributed by atoms with Crippen LogP contribution in [-0.2, 0) is 19.1 Å². The topological polar surface area (TPSA) is 84.9 Å². The summed E-state index contributed by atoms with van der Waals surface area (Å²) in [4.78, 5) is 39.5. The van der Waals surface area contributed by atoms with E-state index in [1.807, 2.05) is 32.0 Å². The molecule has 0 radical (unpaired) electrons. The first kappa shape index (κ1) is 22.1. The molecule has 30 heavy (non-hydrogen) atoms. The minimum atomic E-state index is -0.869. The molecule has 7 heteroatoms. The van der Waals surface area contributed by atoms with Crippen LogP contribution < -0.4 is 10.1 Å². The summed E-state index contributed by atoms with van der Waals surface area (Å²) >= 11 is 0. The van der Waals surface area contributed by atoms with Crippen molar-refractivity contribution in [2.45, 2.75) is 77.5 Å². The van der Waals surface area contributed by atoms with Gasteiger partial charge in [0.1, 0.15) is 17.9 Å². The average Bonchev–Trinajstić information content (AvgIpc) is 2.72. The van der Waals surface area contributed by atoms with Gasteiger partial charge in [0.25, 0.3) is 5.91 Å². The van der Waals surface area contributed by atoms with Gasteiger partial charge in [0.2, 0.25) is 5.91 Å². The molecule has 0 aromatic heterocycles. The standard InChI is InChI=1S/C23H32N2O5/c1-15-8-7-9-16(2)21(15)29-17(3)23(28)25-13-12-24-22(27)19(25)14-20(26)30-18-10-5-4-6-11-18/h7-9,17-19H,4-6,10-14H2,1-3H3,(H,24,27)/t17-,19-/m0/s1. The van der Waals surface area contributed by atoms with E-state index in [1.165, 1.54) is 11.3 Å². The number of carbonyl (C=O) groups excluding carboxylic acids is 3. The number of nitrogens with zero attached hydrogens (tertiary/aromatic N) is 1. The van der Waals surface area contributed by atoms with Gasteiger partial charge in [-0.25, -0.2) is 0 Å². The summed E-state index contributed by atoms with van der Waals surface area (Å²) in [6.07, 6.45) is 4.03. The number of hydrogen-bond donors (Lipinski definition) is 1. The van der Waals surface area contributed by atoms with Gasteiger partial charge in [0.05, 0.1) is 6.42 Å². The van der Waals surface area contributed by atoms with E-state index in [0.717, 1.165) is 36.8 Å². The number of para-hydroxylation sites is 1. The molecule has 3 rings (SSSR count). The summed E-state index contributed by atoms with van der Waals surface area (Å²) in [7, 11) is 0. The molecule has 1 saturated carbocycles. The minimum Gasteiger partial charge on any atom is -0.480 e. The predicted octanol–water partition coefficient (Wildman–Crippen LogP) is 2.66. The van der Waals surface area contributed by atoms with Crippen molar-refractivity contribution in [3.63, 3.8) is 0 Å². The van der Waals surface area contributed by atoms with Crippen LogP contribution >= 0.6 is 0 Å². The molecule has 2 atom stereocenters. The fraction of sp³-hybridized carbons (Fsp3) is 0.609. The van der Waals surface area contributed by atoms with Crippen molar-refractivity contribution in [3.05, 3.63) is 29.3 Å². The zero-order valence-corrected chi connectivity index (χ0v) is 18.1. The van der Waals surface area contributed by atoms with Gasteiger partial charge in [0, 0.05) is 13.1 Å². The molecule has 0 unspecified atom stereocenters. The number of carbonyl (C=O) groups is 3. The SMILES string of the molecule is Cc1cccc(C)c1O[C@@H](C)C(=O)N1CCNC(=O)[C@@H]1CC(=O)OC1CCCCC1. The molecule has 1 aromatic carbocycles. The predicted molar refractivity (Wildman–Crippen MR) is 112 cm³/mol. The monoisotopic (exact) mass is 416 g/mol. The second-order valence-electron chi connectivity index (χ2n) is 8.27. The fourth-order valence-corrected chi connectivity index (χ4v) is 4.20. The summed E-state index contributed by atoms with van der Waals surface area (Å²) in [6.45, 7) is 6.23. The smallest absolute Gasteiger partial charge is 0.308 e. The Morgan fingerprint density at radius 2 is 1.83 bits per heavy atom. The van der Waals surface area contributed by atoms with Crippen LogP contribution in [0.3, 0.4) is 0 Å². The molecule has 1 N–H and O–H groups in total. The second-order valence-corrected chi connectivity index (χ2v) is 8.27. The van der Waals surface area contributed by atoms with E-state index in [0.29, 0.717) is 18.8 Å². The lowest BCUT2D eigenvalue weighted by molar-refractivity contribution is -0.157. The highest BCUT2D eigenvalue weighted by atomic mass is 16.5. The van der Waals surface area contributed by atoms with Crippen LogP contribution in [0, 0.1) is 13.8 Å². The first-order chi connectivity index (χ1) is 14.4. The highest BCUT2D eigenvalue weighted by Crippen LogP contribution is 2.25. The van der Waals surface area contributed by atoms with Gasteiger partial charge in [-0.2, -0.15) is 0 Å². The van der Waals surface area contributed by atoms with Gasteiger partial charge in [-0.05, 0) is 57.6 Å². The summed E-state index contributed by atoms with van der Waals surface area (Å²) in [5.74, 6) is -0.379. The van der Waals surface area contributed by atoms with Crippen LogP contribution in [0.25, 0.3) is 0 Å². The van der Waals surface area contributed by atoms with Crippen LogP contribution in [0.1, 0.15) is 56.6 Å². The molecule has 2 fully saturated rings. The van der Waals surface area contributed by atoms with Crippen molar-refractivity contribution in [1.29, 1.82) is 0 Å². The zero-order chi connectivity index (χ0) is 21.7. The minimum absolute atomic E-state index is 0.0756. The molecule has 1 aliphatic carbocycles. The van der Waals surface area contributed by atoms with Gasteiger partial charge in [-0.15, -0.1) is 0 Å². The van der Waals surface area contributed by atoms with Crippen LogP contribution in [0.5, 0.6) is 5.75 Å². The highest BCUT2D eigenvalue weighted by molar-refractivity contribution is 5.93. The van der Waals surface area contributed by atoms with Crippen molar-refractivity contribution >= 4 is 17.8 Å². The van der Waals surface area contributed by atoms with Crippen molar-refractivity contribution < 1.29 is 23.9 Å². The number of nitrogens with one attached hydrogen (secondary N) is 1. The normalized spacial score (nSPS) is 21.0. The van der Waals surface area contributed by atoms with Gasteiger partial charge < -0.3 is 19.7 Å². The van der Waals surface area contributed by atoms with E-state index in [1.54, 1.807) is 6.92 Å². The van der Waals surface area contributed by atoms with Crippen LogP contribution in [0.2, 0.25) is 0 Å². The maximum Gasteiger partial charge on any atom is 0.308 e. The van der Waals surface area contributed by atoms with Crippen molar-refractivity contribution in [2.24, 2.45) is 0 Å². The fourth-order valence-electron chi connectivity index (χ4n) is 4.20. The maximum absolute atomic E-state index is 13.1. The third kappa shape index (κ3) is 5.32. The Bertz CT molecular complexity index is 768. The molecule has 164 valence electrons. The second kappa shape index (κ2) is 9.96. The number of amides is 2. The third-order valence-electron chi connectivity index (χ3n) is 5.88. The van der Waals surface area contributed by atoms with Gasteiger partial charge in [-0.3, -0.25) is 14.4 Å². The molecule has 0 bridgehead atoms. The van der Waals surface area contributed by atoms with Crippen molar-refractivity contribution in [2.75, 3.05) is 13.1 Å². The maximum atomic E-state index is 13.1. The lowest BCUT2D eigenvalue weighted by Gasteiger charge is -2.36. The first-order valence-corrected chi connectivity index (χ1v) is 10.9. The molecule has 1 aromatic rings. The molecule has 1 heterocycles. The Morgan fingerprint density at radius 1 is 1.17 bits per heavy atom. The van der Waals surface area contributed by atoms with Gasteiger partial charge >= 0.3 is 5.97 Å². The van der Waals surface area contributed by atoms with E-state index < -0.39 is 18.1 Å². The van der Waals surface area contributed by atoms with Gasteiger partial charge in [-0.1, -0.05) is 24.6 Å². The Morgan fingerprint density at radius 3 is 2.50 bits per heavy atom. The zero-order valence-electron chi connectivity index (χ0n) is 18.1. The van der Waals surface area contributed by atoms with E-state index in [2.05, 4.69) is 5.32 Å². The Kier molecular flexibility index (Phi) is 7.34. The summed E-state index contributed by atoms with van der Waals surface area (Å²) in [6, 6.07) is 4.93. The Balaban J connectivity index is 1.66. The van der Waals surface area contributed by atoms with Crippen molar-refractivity contribution in [1.82, 2.24) is 10.2 Å². The summed E-state index contributed by atoms with van der Waals surface area (Å²) in [5, 5.41) is 2.75. The highest BCUT2D eigenvalue weighted by Gasteiger charge is 2.38. The largest absolute Gasteiger partial charge is 0.480 e. The third-order valence-corrected chi connectivity index (χ3v) is 5.88. The van der Waals surface area contributed by atoms with Crippen LogP contribution in [0.15, 0.2) is 18.2 Å². The summed E-state index contributed by atoms with van der Waals surface area (Å²) in [5.41, 5.74) is 1.89. The molecule has 1 saturated heterocycles. The number of hydrogen-bond acceptors (Lipinski definition) is 5. The number of rotatable bonds is 6. The van der Waals surface area contributed by atoms with E-state index >= 15 is 0 Å². The molecular weight excluding hydrogens is 384 g/mol. The molecule has 0 spiro atoms. The number of piperazine rings is 1. The quantitative estimate of drug-likeness (QED) is 0.721. The first-order valence-electron chi connectivity index (χ1n) is 10.9. The Hall–Kier alpha value is -2.57. The molecular formula is C23H32N2O5. The van der Waals surface area contributed by atoms with Crippen LogP contribution in [-0.4, -0.2) is 54.0 Å². The van der Waals surface area contributed by atoms with Crippen molar-refractivity contribution in [3.8, 4) is 5.75 Å². The number of aryl methyl sites for hydroxylation is 2. The lowest BCUT2D eigenvalue weighted by atomic mass is 9.98. The number of ether oxygens (including phenoxy) is 2. The van der Waals surface area contributed by atoms with Crippen LogP contribution in [0.4, 0.5) is 0 Å². The molecule has 1 aliphatic heterocycles. The number of esters is 1.